The summed E-state index contributed by atoms with van der Waals surface area (Å²) in [7, 11) is -2.14. The maximum absolute atomic E-state index is 13.6. The van der Waals surface area contributed by atoms with Crippen molar-refractivity contribution >= 4 is 15.8 Å². The number of nitrogens with zero attached hydrogens (tertiary/aromatic N) is 1. The van der Waals surface area contributed by atoms with Crippen LogP contribution in [0.5, 0.6) is 5.75 Å². The van der Waals surface area contributed by atoms with Crippen LogP contribution in [-0.4, -0.2) is 46.1 Å². The van der Waals surface area contributed by atoms with Crippen molar-refractivity contribution in [2.45, 2.75) is 23.3 Å². The predicted molar refractivity (Wildman–Crippen MR) is 151 cm³/mol. The predicted octanol–water partition coefficient (Wildman–Crippen LogP) is 4.98. The molecule has 1 aromatic heterocycles. The Balaban J connectivity index is 1.45. The third kappa shape index (κ3) is 5.83. The zero-order valence-electron chi connectivity index (χ0n) is 22.1. The lowest BCUT2D eigenvalue weighted by Crippen LogP contribution is -2.35. The summed E-state index contributed by atoms with van der Waals surface area (Å²) in [4.78, 5) is 18.2. The molecule has 1 aliphatic rings. The second kappa shape index (κ2) is 11.7. The lowest BCUT2D eigenvalue weighted by molar-refractivity contribution is -0.0948. The molecule has 0 amide bonds. The van der Waals surface area contributed by atoms with E-state index >= 15 is 0 Å². The van der Waals surface area contributed by atoms with Crippen LogP contribution in [0, 0.1) is 0 Å². The number of methoxy groups -OCH3 is 1. The number of hydrogen-bond acceptors (Lipinski definition) is 7. The van der Waals surface area contributed by atoms with E-state index in [1.54, 1.807) is 31.5 Å². The molecule has 5 rings (SSSR count). The van der Waals surface area contributed by atoms with Gasteiger partial charge in [0.1, 0.15) is 5.75 Å². The number of rotatable bonds is 9. The molecule has 1 saturated heterocycles. The molecule has 0 atom stereocenters. The van der Waals surface area contributed by atoms with E-state index in [1.165, 1.54) is 12.1 Å². The normalized spacial score (nSPS) is 14.9. The summed E-state index contributed by atoms with van der Waals surface area (Å²) in [5.41, 5.74) is 3.61. The molecule has 0 spiro atoms. The van der Waals surface area contributed by atoms with Gasteiger partial charge in [0.15, 0.2) is 6.61 Å². The SMILES string of the molecule is COC1(c2cccc(OCC(=O)c3ccnc(-c4ccc(S(N)(=O)=O)cc4)c3-c3ccccc3)c2)CCOCC1. The molecule has 0 bridgehead atoms. The minimum atomic E-state index is -3.84. The van der Waals surface area contributed by atoms with Crippen molar-refractivity contribution in [3.63, 3.8) is 0 Å². The maximum Gasteiger partial charge on any atom is 0.238 e. The molecule has 2 heterocycles. The van der Waals surface area contributed by atoms with Crippen LogP contribution in [0.15, 0.2) is 96.0 Å². The molecule has 9 heteroatoms. The Morgan fingerprint density at radius 3 is 2.35 bits per heavy atom. The summed E-state index contributed by atoms with van der Waals surface area (Å²) in [6.07, 6.45) is 3.05. The minimum Gasteiger partial charge on any atom is -0.485 e. The number of nitrogens with two attached hydrogens (primary N) is 1. The van der Waals surface area contributed by atoms with Gasteiger partial charge in [0.25, 0.3) is 0 Å². The summed E-state index contributed by atoms with van der Waals surface area (Å²) >= 11 is 0. The Hall–Kier alpha value is -3.89. The first-order valence-electron chi connectivity index (χ1n) is 12.9. The van der Waals surface area contributed by atoms with E-state index in [-0.39, 0.29) is 17.3 Å². The number of carbonyl (C=O) groups is 1. The van der Waals surface area contributed by atoms with Crippen LogP contribution < -0.4 is 9.88 Å². The molecular formula is C31H30N2O6S. The molecule has 3 aromatic carbocycles. The number of carbonyl (C=O) groups excluding carboxylic acids is 1. The highest BCUT2D eigenvalue weighted by Crippen LogP contribution is 2.37. The van der Waals surface area contributed by atoms with Gasteiger partial charge >= 0.3 is 0 Å². The topological polar surface area (TPSA) is 118 Å². The number of ketones is 1. The Labute approximate surface area is 233 Å². The first kappa shape index (κ1) is 27.7. The van der Waals surface area contributed by atoms with Crippen LogP contribution in [0.4, 0.5) is 0 Å². The summed E-state index contributed by atoms with van der Waals surface area (Å²) < 4.78 is 40.9. The van der Waals surface area contributed by atoms with Crippen molar-refractivity contribution in [2.24, 2.45) is 5.14 Å². The molecule has 2 N–H and O–H groups in total. The Morgan fingerprint density at radius 1 is 0.950 bits per heavy atom. The van der Waals surface area contributed by atoms with Gasteiger partial charge in [0.05, 0.1) is 16.2 Å². The van der Waals surface area contributed by atoms with E-state index in [0.717, 1.165) is 24.0 Å². The highest BCUT2D eigenvalue weighted by molar-refractivity contribution is 7.89. The van der Waals surface area contributed by atoms with E-state index in [0.29, 0.717) is 41.3 Å². The average molecular weight is 559 g/mol. The number of primary sulfonamides is 1. The second-order valence-electron chi connectivity index (χ2n) is 9.57. The van der Waals surface area contributed by atoms with E-state index < -0.39 is 15.6 Å². The summed E-state index contributed by atoms with van der Waals surface area (Å²) in [6.45, 7) is 1.06. The number of benzene rings is 3. The number of aromatic nitrogens is 1. The Kier molecular flexibility index (Phi) is 8.09. The third-order valence-corrected chi connectivity index (χ3v) is 8.12. The lowest BCUT2D eigenvalue weighted by atomic mass is 9.86. The van der Waals surface area contributed by atoms with Gasteiger partial charge in [-0.2, -0.15) is 0 Å². The summed E-state index contributed by atoms with van der Waals surface area (Å²) in [6, 6.07) is 24.9. The second-order valence-corrected chi connectivity index (χ2v) is 11.1. The van der Waals surface area contributed by atoms with Crippen LogP contribution in [0.25, 0.3) is 22.4 Å². The van der Waals surface area contributed by atoms with Gasteiger partial charge in [-0.05, 0) is 41.5 Å². The van der Waals surface area contributed by atoms with Crippen molar-refractivity contribution in [1.29, 1.82) is 0 Å². The highest BCUT2D eigenvalue weighted by Gasteiger charge is 2.34. The lowest BCUT2D eigenvalue weighted by Gasteiger charge is -2.36. The molecule has 4 aromatic rings. The van der Waals surface area contributed by atoms with Gasteiger partial charge < -0.3 is 14.2 Å². The molecule has 40 heavy (non-hydrogen) atoms. The molecule has 0 radical (unpaired) electrons. The van der Waals surface area contributed by atoms with Gasteiger partial charge in [-0.1, -0.05) is 54.6 Å². The first-order chi connectivity index (χ1) is 19.3. The molecule has 8 nitrogen and oxygen atoms in total. The van der Waals surface area contributed by atoms with E-state index in [2.05, 4.69) is 4.98 Å². The molecule has 206 valence electrons. The number of pyridine rings is 1. The van der Waals surface area contributed by atoms with Crippen molar-refractivity contribution < 1.29 is 27.4 Å². The number of sulfonamides is 1. The average Bonchev–Trinajstić information content (AvgIpc) is 3.00. The molecule has 1 fully saturated rings. The van der Waals surface area contributed by atoms with Gasteiger partial charge in [-0.25, -0.2) is 13.6 Å². The molecular weight excluding hydrogens is 528 g/mol. The van der Waals surface area contributed by atoms with Crippen LogP contribution in [0.1, 0.15) is 28.8 Å². The third-order valence-electron chi connectivity index (χ3n) is 7.19. The highest BCUT2D eigenvalue weighted by atomic mass is 32.2. The summed E-state index contributed by atoms with van der Waals surface area (Å²) in [5, 5.41) is 5.26. The zero-order chi connectivity index (χ0) is 28.2. The van der Waals surface area contributed by atoms with Gasteiger partial charge in [0.2, 0.25) is 15.8 Å². The molecule has 0 unspecified atom stereocenters. The van der Waals surface area contributed by atoms with E-state index in [9.17, 15) is 13.2 Å². The summed E-state index contributed by atoms with van der Waals surface area (Å²) in [5.74, 6) is 0.351. The number of ether oxygens (including phenoxy) is 3. The fourth-order valence-corrected chi connectivity index (χ4v) is 5.54. The van der Waals surface area contributed by atoms with Crippen LogP contribution in [0.2, 0.25) is 0 Å². The van der Waals surface area contributed by atoms with Crippen LogP contribution in [0.3, 0.4) is 0 Å². The fourth-order valence-electron chi connectivity index (χ4n) is 5.02. The minimum absolute atomic E-state index is 0.00335. The number of hydrogen-bond donors (Lipinski definition) is 1. The van der Waals surface area contributed by atoms with Crippen molar-refractivity contribution in [2.75, 3.05) is 26.9 Å². The van der Waals surface area contributed by atoms with Crippen LogP contribution >= 0.6 is 0 Å². The monoisotopic (exact) mass is 558 g/mol. The maximum atomic E-state index is 13.6. The Bertz CT molecular complexity index is 1600. The quantitative estimate of drug-likeness (QED) is 0.288. The first-order valence-corrected chi connectivity index (χ1v) is 14.4. The largest absolute Gasteiger partial charge is 0.485 e. The van der Waals surface area contributed by atoms with E-state index in [1.807, 2.05) is 54.6 Å². The Morgan fingerprint density at radius 2 is 1.68 bits per heavy atom. The van der Waals surface area contributed by atoms with Gasteiger partial charge in [-0.15, -0.1) is 0 Å². The van der Waals surface area contributed by atoms with E-state index in [4.69, 9.17) is 19.3 Å². The van der Waals surface area contributed by atoms with Gasteiger partial charge in [0, 0.05) is 56.1 Å². The smallest absolute Gasteiger partial charge is 0.238 e. The van der Waals surface area contributed by atoms with Crippen molar-refractivity contribution in [3.8, 4) is 28.1 Å². The molecule has 0 aliphatic carbocycles. The zero-order valence-corrected chi connectivity index (χ0v) is 22.9. The van der Waals surface area contributed by atoms with Crippen LogP contribution in [-0.2, 0) is 25.1 Å². The standard InChI is InChI=1S/C31H30N2O6S/c1-37-31(15-18-38-19-16-31)24-8-5-9-25(20-24)39-21-28(34)27-14-17-33-30(29(27)22-6-3-2-4-7-22)23-10-12-26(13-11-23)40(32,35)36/h2-14,17,20H,15-16,18-19,21H2,1H3,(H2,32,35,36). The van der Waals surface area contributed by atoms with Crippen molar-refractivity contribution in [1.82, 2.24) is 4.98 Å². The fraction of sp³-hybridized carbons (Fsp3) is 0.226. The molecule has 1 aliphatic heterocycles. The van der Waals surface area contributed by atoms with Crippen molar-refractivity contribution in [3.05, 3.63) is 102 Å². The molecule has 0 saturated carbocycles. The van der Waals surface area contributed by atoms with Gasteiger partial charge in [-0.3, -0.25) is 9.78 Å². The number of Topliss-reactive ketones (excluding diaryl/α,β-unsaturated/α-hetero) is 1.